The average Bonchev–Trinajstić information content (AvgIpc) is 2.65. The molecule has 27 heavy (non-hydrogen) atoms. The molecule has 0 aromatic carbocycles. The minimum Gasteiger partial charge on any atom is -0.475 e. The molecule has 0 spiro atoms. The number of ether oxygens (including phenoxy) is 3. The molecule has 6 nitrogen and oxygen atoms in total. The summed E-state index contributed by atoms with van der Waals surface area (Å²) in [5, 5.41) is 3.02. The molecule has 1 saturated carbocycles. The van der Waals surface area contributed by atoms with E-state index in [4.69, 9.17) is 14.2 Å². The van der Waals surface area contributed by atoms with E-state index in [1.807, 2.05) is 19.9 Å². The lowest BCUT2D eigenvalue weighted by Crippen LogP contribution is -2.48. The summed E-state index contributed by atoms with van der Waals surface area (Å²) in [4.78, 5) is 17.4. The number of hydrogen-bond acceptors (Lipinski definition) is 5. The molecule has 0 aliphatic heterocycles. The third kappa shape index (κ3) is 6.18. The number of rotatable bonds is 10. The lowest BCUT2D eigenvalue weighted by molar-refractivity contribution is -0.148. The van der Waals surface area contributed by atoms with Crippen LogP contribution in [-0.4, -0.2) is 42.9 Å². The van der Waals surface area contributed by atoms with Crippen LogP contribution in [0.15, 0.2) is 12.3 Å². The van der Waals surface area contributed by atoms with Gasteiger partial charge in [-0.25, -0.2) is 4.98 Å². The van der Waals surface area contributed by atoms with Gasteiger partial charge in [-0.05, 0) is 51.5 Å². The van der Waals surface area contributed by atoms with Gasteiger partial charge in [0.2, 0.25) is 5.88 Å². The number of hydrogen-bond donors (Lipinski definition) is 1. The van der Waals surface area contributed by atoms with Gasteiger partial charge < -0.3 is 19.5 Å². The number of aromatic nitrogens is 1. The number of pyridine rings is 1. The molecule has 6 heteroatoms. The first-order valence-corrected chi connectivity index (χ1v) is 10.1. The van der Waals surface area contributed by atoms with Crippen LogP contribution < -0.4 is 10.1 Å². The Morgan fingerprint density at radius 3 is 2.81 bits per heavy atom. The Balaban J connectivity index is 2.03. The summed E-state index contributed by atoms with van der Waals surface area (Å²) in [6, 6.07) is 1.89. The lowest BCUT2D eigenvalue weighted by Gasteiger charge is -2.38. The molecule has 1 aliphatic carbocycles. The third-order valence-corrected chi connectivity index (χ3v) is 4.91. The predicted octanol–water partition coefficient (Wildman–Crippen LogP) is 4.12. The number of carbonyl (C=O) groups is 1. The van der Waals surface area contributed by atoms with Gasteiger partial charge in [-0.2, -0.15) is 0 Å². The van der Waals surface area contributed by atoms with Crippen molar-refractivity contribution in [3.05, 3.63) is 17.8 Å². The van der Waals surface area contributed by atoms with Crippen LogP contribution in [0.4, 0.5) is 5.69 Å². The molecule has 1 aromatic heterocycles. The van der Waals surface area contributed by atoms with E-state index in [2.05, 4.69) is 24.1 Å². The van der Waals surface area contributed by atoms with Crippen LogP contribution in [0.3, 0.4) is 0 Å². The minimum absolute atomic E-state index is 0.0614. The zero-order chi connectivity index (χ0) is 19.7. The average molecular weight is 379 g/mol. The van der Waals surface area contributed by atoms with Crippen molar-refractivity contribution in [2.45, 2.75) is 65.4 Å². The molecule has 1 amide bonds. The zero-order valence-corrected chi connectivity index (χ0v) is 17.2. The number of amides is 1. The van der Waals surface area contributed by atoms with Gasteiger partial charge in [0.1, 0.15) is 12.2 Å². The molecular formula is C21H34N2O4. The Labute approximate surface area is 163 Å². The Morgan fingerprint density at radius 1 is 1.33 bits per heavy atom. The van der Waals surface area contributed by atoms with E-state index >= 15 is 0 Å². The molecule has 1 aromatic rings. The molecule has 0 saturated heterocycles. The fourth-order valence-electron chi connectivity index (χ4n) is 3.57. The smallest absolute Gasteiger partial charge is 0.256 e. The molecule has 0 radical (unpaired) electrons. The van der Waals surface area contributed by atoms with Gasteiger partial charge in [0.25, 0.3) is 5.91 Å². The van der Waals surface area contributed by atoms with Gasteiger partial charge in [0.05, 0.1) is 18.5 Å². The first-order chi connectivity index (χ1) is 13.0. The molecule has 0 unspecified atom stereocenters. The maximum absolute atomic E-state index is 13.1. The van der Waals surface area contributed by atoms with Gasteiger partial charge in [0.15, 0.2) is 0 Å². The van der Waals surface area contributed by atoms with Crippen LogP contribution in [-0.2, 0) is 14.3 Å². The summed E-state index contributed by atoms with van der Waals surface area (Å²) in [6.07, 6.45) is 6.25. The summed E-state index contributed by atoms with van der Waals surface area (Å²) in [5.74, 6) is 0.993. The first-order valence-electron chi connectivity index (χ1n) is 10.1. The number of aryl methyl sites for hydroxylation is 1. The van der Waals surface area contributed by atoms with E-state index in [-0.39, 0.29) is 5.91 Å². The van der Waals surface area contributed by atoms with Gasteiger partial charge in [-0.15, -0.1) is 0 Å². The quantitative estimate of drug-likeness (QED) is 0.620. The molecule has 0 bridgehead atoms. The summed E-state index contributed by atoms with van der Waals surface area (Å²) in [5.41, 5.74) is 0.825. The van der Waals surface area contributed by atoms with E-state index < -0.39 is 5.60 Å². The molecule has 1 fully saturated rings. The second kappa shape index (κ2) is 10.6. The zero-order valence-electron chi connectivity index (χ0n) is 17.2. The monoisotopic (exact) mass is 378 g/mol. The van der Waals surface area contributed by atoms with Crippen molar-refractivity contribution in [3.63, 3.8) is 0 Å². The Kier molecular flexibility index (Phi) is 8.51. The van der Waals surface area contributed by atoms with Crippen LogP contribution in [0.5, 0.6) is 5.88 Å². The van der Waals surface area contributed by atoms with Crippen LogP contribution >= 0.6 is 0 Å². The summed E-state index contributed by atoms with van der Waals surface area (Å²) in [6.45, 7) is 10.4. The van der Waals surface area contributed by atoms with E-state index in [9.17, 15) is 4.79 Å². The number of nitrogens with one attached hydrogen (secondary N) is 1. The van der Waals surface area contributed by atoms with Crippen molar-refractivity contribution < 1.29 is 19.0 Å². The second-order valence-corrected chi connectivity index (χ2v) is 7.39. The molecule has 2 atom stereocenters. The van der Waals surface area contributed by atoms with Crippen LogP contribution in [0.2, 0.25) is 0 Å². The van der Waals surface area contributed by atoms with Crippen molar-refractivity contribution in [1.29, 1.82) is 0 Å². The maximum Gasteiger partial charge on any atom is 0.256 e. The first kappa shape index (κ1) is 21.6. The Hall–Kier alpha value is -1.66. The van der Waals surface area contributed by atoms with Gasteiger partial charge in [-0.1, -0.05) is 20.3 Å². The second-order valence-electron chi connectivity index (χ2n) is 7.39. The normalized spacial score (nSPS) is 22.4. The van der Waals surface area contributed by atoms with Crippen LogP contribution in [0.1, 0.15) is 58.4 Å². The van der Waals surface area contributed by atoms with Crippen molar-refractivity contribution in [2.75, 3.05) is 31.7 Å². The number of nitrogens with zero attached hydrogens (tertiary/aromatic N) is 1. The molecular weight excluding hydrogens is 344 g/mol. The molecule has 1 aliphatic rings. The van der Waals surface area contributed by atoms with E-state index in [0.717, 1.165) is 37.7 Å². The molecule has 1 N–H and O–H groups in total. The van der Waals surface area contributed by atoms with E-state index in [1.165, 1.54) is 0 Å². The lowest BCUT2D eigenvalue weighted by atomic mass is 9.78. The van der Waals surface area contributed by atoms with E-state index in [1.54, 1.807) is 6.20 Å². The molecule has 1 heterocycles. The predicted molar refractivity (Wildman–Crippen MR) is 106 cm³/mol. The fraction of sp³-hybridized carbons (Fsp3) is 0.714. The third-order valence-electron chi connectivity index (χ3n) is 4.91. The number of anilines is 1. The number of carbonyl (C=O) groups excluding carboxylic acids is 1. The van der Waals surface area contributed by atoms with Gasteiger partial charge in [-0.3, -0.25) is 4.79 Å². The topological polar surface area (TPSA) is 69.7 Å². The summed E-state index contributed by atoms with van der Waals surface area (Å²) < 4.78 is 17.0. The minimum atomic E-state index is -0.728. The van der Waals surface area contributed by atoms with Gasteiger partial charge >= 0.3 is 0 Å². The Bertz CT molecular complexity index is 608. The SMILES string of the molecule is CCCO[C@]1(C(=O)Nc2cnc(OCCOCC)c(C)c2)CCC[C@@H](C)C1. The van der Waals surface area contributed by atoms with Crippen molar-refractivity contribution >= 4 is 11.6 Å². The molecule has 2 rings (SSSR count). The van der Waals surface area contributed by atoms with Crippen molar-refractivity contribution in [3.8, 4) is 5.88 Å². The fourth-order valence-corrected chi connectivity index (χ4v) is 3.57. The highest BCUT2D eigenvalue weighted by atomic mass is 16.5. The standard InChI is InChI=1S/C21H34N2O4/c1-5-10-27-21(9-7-8-16(3)14-21)20(24)23-18-13-17(4)19(22-15-18)26-12-11-25-6-2/h13,15-16H,5-12,14H2,1-4H3,(H,23,24)/t16-,21-/m1/s1. The van der Waals surface area contributed by atoms with Crippen LogP contribution in [0, 0.1) is 12.8 Å². The van der Waals surface area contributed by atoms with E-state index in [0.29, 0.717) is 43.9 Å². The maximum atomic E-state index is 13.1. The highest BCUT2D eigenvalue weighted by molar-refractivity contribution is 5.97. The van der Waals surface area contributed by atoms with Crippen LogP contribution in [0.25, 0.3) is 0 Å². The van der Waals surface area contributed by atoms with Gasteiger partial charge in [0, 0.05) is 18.8 Å². The summed E-state index contributed by atoms with van der Waals surface area (Å²) >= 11 is 0. The molecule has 152 valence electrons. The summed E-state index contributed by atoms with van der Waals surface area (Å²) in [7, 11) is 0. The highest BCUT2D eigenvalue weighted by Crippen LogP contribution is 2.36. The van der Waals surface area contributed by atoms with Crippen molar-refractivity contribution in [2.24, 2.45) is 5.92 Å². The largest absolute Gasteiger partial charge is 0.475 e. The Morgan fingerprint density at radius 2 is 2.15 bits per heavy atom. The highest BCUT2D eigenvalue weighted by Gasteiger charge is 2.42. The van der Waals surface area contributed by atoms with Crippen molar-refractivity contribution in [1.82, 2.24) is 4.98 Å².